The molecule has 0 aromatic heterocycles. The molecule has 0 fully saturated rings. The first-order valence-corrected chi connectivity index (χ1v) is 4.92. The normalized spacial score (nSPS) is 14.9. The van der Waals surface area contributed by atoms with E-state index >= 15 is 0 Å². The fourth-order valence-electron chi connectivity index (χ4n) is 1.39. The minimum Gasteiger partial charge on any atom is -0.395 e. The molecule has 0 spiro atoms. The van der Waals surface area contributed by atoms with Crippen molar-refractivity contribution < 1.29 is 14.2 Å². The standard InChI is InChI=1S/C11H16FNO2/c1-2-15-11(10(13)7-14)8-3-5-9(12)6-4-8/h3-6,10-11,14H,2,7,13H2,1H3. The molecule has 0 saturated carbocycles. The predicted octanol–water partition coefficient (Wildman–Crippen LogP) is 1.22. The summed E-state index contributed by atoms with van der Waals surface area (Å²) in [4.78, 5) is 0. The lowest BCUT2D eigenvalue weighted by Crippen LogP contribution is -2.33. The van der Waals surface area contributed by atoms with Crippen LogP contribution in [0, 0.1) is 5.82 Å². The first-order valence-electron chi connectivity index (χ1n) is 4.92. The maximum Gasteiger partial charge on any atom is 0.123 e. The van der Waals surface area contributed by atoms with Crippen LogP contribution < -0.4 is 5.73 Å². The number of aliphatic hydroxyl groups is 1. The van der Waals surface area contributed by atoms with E-state index in [4.69, 9.17) is 15.6 Å². The fraction of sp³-hybridized carbons (Fsp3) is 0.455. The van der Waals surface area contributed by atoms with Gasteiger partial charge in [-0.15, -0.1) is 0 Å². The van der Waals surface area contributed by atoms with Crippen LogP contribution in [0.3, 0.4) is 0 Å². The van der Waals surface area contributed by atoms with Crippen LogP contribution in [0.1, 0.15) is 18.6 Å². The Labute approximate surface area is 88.7 Å². The highest BCUT2D eigenvalue weighted by molar-refractivity contribution is 5.20. The third-order valence-corrected chi connectivity index (χ3v) is 2.14. The molecule has 0 aliphatic heterocycles. The topological polar surface area (TPSA) is 55.5 Å². The SMILES string of the molecule is CCOC(c1ccc(F)cc1)C(N)CO. The quantitative estimate of drug-likeness (QED) is 0.773. The van der Waals surface area contributed by atoms with Crippen molar-refractivity contribution >= 4 is 0 Å². The summed E-state index contributed by atoms with van der Waals surface area (Å²) < 4.78 is 18.1. The molecule has 2 unspecified atom stereocenters. The fourth-order valence-corrected chi connectivity index (χ4v) is 1.39. The molecule has 2 atom stereocenters. The first kappa shape index (κ1) is 12.1. The summed E-state index contributed by atoms with van der Waals surface area (Å²) in [6.45, 7) is 2.18. The Morgan fingerprint density at radius 3 is 2.47 bits per heavy atom. The van der Waals surface area contributed by atoms with Crippen molar-refractivity contribution in [3.05, 3.63) is 35.6 Å². The minimum absolute atomic E-state index is 0.165. The first-order chi connectivity index (χ1) is 7.19. The highest BCUT2D eigenvalue weighted by Gasteiger charge is 2.19. The molecule has 15 heavy (non-hydrogen) atoms. The molecule has 84 valence electrons. The zero-order chi connectivity index (χ0) is 11.3. The maximum atomic E-state index is 12.7. The van der Waals surface area contributed by atoms with Crippen LogP contribution in [0.25, 0.3) is 0 Å². The van der Waals surface area contributed by atoms with E-state index in [2.05, 4.69) is 0 Å². The zero-order valence-corrected chi connectivity index (χ0v) is 8.69. The van der Waals surface area contributed by atoms with Crippen LogP contribution in [0.2, 0.25) is 0 Å². The van der Waals surface area contributed by atoms with Crippen molar-refractivity contribution in [1.82, 2.24) is 0 Å². The molecule has 3 nitrogen and oxygen atoms in total. The van der Waals surface area contributed by atoms with Crippen molar-refractivity contribution in [3.63, 3.8) is 0 Å². The van der Waals surface area contributed by atoms with Gasteiger partial charge in [0.05, 0.1) is 18.8 Å². The largest absolute Gasteiger partial charge is 0.395 e. The minimum atomic E-state index is -0.490. The van der Waals surface area contributed by atoms with Crippen LogP contribution in [-0.4, -0.2) is 24.4 Å². The summed E-state index contributed by atoms with van der Waals surface area (Å²) in [5.74, 6) is -0.299. The molecule has 0 aliphatic carbocycles. The van der Waals surface area contributed by atoms with Gasteiger partial charge in [-0.25, -0.2) is 4.39 Å². The molecule has 1 aromatic carbocycles. The Balaban J connectivity index is 2.83. The van der Waals surface area contributed by atoms with Gasteiger partial charge >= 0.3 is 0 Å². The molecule has 0 radical (unpaired) electrons. The van der Waals surface area contributed by atoms with E-state index in [1.165, 1.54) is 12.1 Å². The third-order valence-electron chi connectivity index (χ3n) is 2.14. The average Bonchev–Trinajstić information content (AvgIpc) is 2.26. The molecule has 0 heterocycles. The smallest absolute Gasteiger partial charge is 0.123 e. The van der Waals surface area contributed by atoms with Crippen molar-refractivity contribution in [2.45, 2.75) is 19.1 Å². The number of rotatable bonds is 5. The van der Waals surface area contributed by atoms with Gasteiger partial charge in [0.25, 0.3) is 0 Å². The lowest BCUT2D eigenvalue weighted by molar-refractivity contribution is 0.0277. The molecule has 0 aliphatic rings. The lowest BCUT2D eigenvalue weighted by Gasteiger charge is -2.22. The van der Waals surface area contributed by atoms with E-state index in [9.17, 15) is 4.39 Å². The Kier molecular flexibility index (Phi) is 4.68. The van der Waals surface area contributed by atoms with Crippen LogP contribution in [0.4, 0.5) is 4.39 Å². The van der Waals surface area contributed by atoms with Gasteiger partial charge in [0.15, 0.2) is 0 Å². The van der Waals surface area contributed by atoms with E-state index in [1.807, 2.05) is 6.92 Å². The van der Waals surface area contributed by atoms with Crippen molar-refractivity contribution in [2.24, 2.45) is 5.73 Å². The number of ether oxygens (including phenoxy) is 1. The lowest BCUT2D eigenvalue weighted by atomic mass is 10.0. The Morgan fingerprint density at radius 2 is 2.00 bits per heavy atom. The predicted molar refractivity (Wildman–Crippen MR) is 55.8 cm³/mol. The monoisotopic (exact) mass is 213 g/mol. The summed E-state index contributed by atoms with van der Waals surface area (Å²) >= 11 is 0. The van der Waals surface area contributed by atoms with Gasteiger partial charge in [0.1, 0.15) is 5.82 Å². The number of halogens is 1. The van der Waals surface area contributed by atoms with Crippen molar-refractivity contribution in [1.29, 1.82) is 0 Å². The number of hydrogen-bond donors (Lipinski definition) is 2. The van der Waals surface area contributed by atoms with Gasteiger partial charge in [-0.2, -0.15) is 0 Å². The molecule has 1 rings (SSSR count). The second-order valence-corrected chi connectivity index (χ2v) is 3.27. The highest BCUT2D eigenvalue weighted by atomic mass is 19.1. The van der Waals surface area contributed by atoms with E-state index in [-0.39, 0.29) is 18.5 Å². The van der Waals surface area contributed by atoms with Gasteiger partial charge in [-0.1, -0.05) is 12.1 Å². The van der Waals surface area contributed by atoms with Crippen LogP contribution in [0.5, 0.6) is 0 Å². The molecule has 0 bridgehead atoms. The Hall–Kier alpha value is -0.970. The van der Waals surface area contributed by atoms with Crippen molar-refractivity contribution in [2.75, 3.05) is 13.2 Å². The van der Waals surface area contributed by atoms with E-state index in [0.717, 1.165) is 5.56 Å². The Morgan fingerprint density at radius 1 is 1.40 bits per heavy atom. The van der Waals surface area contributed by atoms with Crippen LogP contribution in [-0.2, 0) is 4.74 Å². The maximum absolute atomic E-state index is 12.7. The molecule has 1 aromatic rings. The summed E-state index contributed by atoms with van der Waals surface area (Å²) in [5, 5.41) is 8.97. The molecule has 4 heteroatoms. The molecular formula is C11H16FNO2. The molecular weight excluding hydrogens is 197 g/mol. The van der Waals surface area contributed by atoms with E-state index in [1.54, 1.807) is 12.1 Å². The molecule has 0 saturated heterocycles. The average molecular weight is 213 g/mol. The Bertz CT molecular complexity index is 289. The van der Waals surface area contributed by atoms with Crippen LogP contribution >= 0.6 is 0 Å². The van der Waals surface area contributed by atoms with Crippen molar-refractivity contribution in [3.8, 4) is 0 Å². The highest BCUT2D eigenvalue weighted by Crippen LogP contribution is 2.20. The second kappa shape index (κ2) is 5.80. The summed E-state index contributed by atoms with van der Waals surface area (Å²) in [5.41, 5.74) is 6.48. The molecule has 0 amide bonds. The van der Waals surface area contributed by atoms with Gasteiger partial charge in [-0.05, 0) is 24.6 Å². The van der Waals surface area contributed by atoms with Crippen LogP contribution in [0.15, 0.2) is 24.3 Å². The van der Waals surface area contributed by atoms with Gasteiger partial charge in [0.2, 0.25) is 0 Å². The van der Waals surface area contributed by atoms with Gasteiger partial charge < -0.3 is 15.6 Å². The van der Waals surface area contributed by atoms with Gasteiger partial charge in [-0.3, -0.25) is 0 Å². The number of aliphatic hydroxyl groups excluding tert-OH is 1. The number of hydrogen-bond acceptors (Lipinski definition) is 3. The summed E-state index contributed by atoms with van der Waals surface area (Å²) in [7, 11) is 0. The summed E-state index contributed by atoms with van der Waals surface area (Å²) in [6.07, 6.45) is -0.388. The number of nitrogens with two attached hydrogens (primary N) is 1. The summed E-state index contributed by atoms with van der Waals surface area (Å²) in [6, 6.07) is 5.45. The molecule has 3 N–H and O–H groups in total. The van der Waals surface area contributed by atoms with Gasteiger partial charge in [0, 0.05) is 6.61 Å². The van der Waals surface area contributed by atoms with E-state index < -0.39 is 6.04 Å². The van der Waals surface area contributed by atoms with E-state index in [0.29, 0.717) is 6.61 Å². The number of benzene rings is 1. The second-order valence-electron chi connectivity index (χ2n) is 3.27. The zero-order valence-electron chi connectivity index (χ0n) is 8.69. The third kappa shape index (κ3) is 3.27.